The summed E-state index contributed by atoms with van der Waals surface area (Å²) >= 11 is 0. The standard InChI is InChI=1S/C10H14N2O2/c1-9(2)12(11-13)14-8-10-6-4-3-5-7-10/h3-7,9H,8H2,1-2H3. The normalized spacial score (nSPS) is 10.2. The van der Waals surface area contributed by atoms with Crippen LogP contribution in [-0.4, -0.2) is 11.2 Å². The van der Waals surface area contributed by atoms with Gasteiger partial charge < -0.3 is 0 Å². The van der Waals surface area contributed by atoms with E-state index in [4.69, 9.17) is 4.84 Å². The topological polar surface area (TPSA) is 41.9 Å². The minimum Gasteiger partial charge on any atom is -0.249 e. The molecule has 4 nitrogen and oxygen atoms in total. The van der Waals surface area contributed by atoms with Gasteiger partial charge in [-0.05, 0) is 19.4 Å². The van der Waals surface area contributed by atoms with Crippen molar-refractivity contribution in [3.8, 4) is 0 Å². The molecule has 0 aromatic heterocycles. The monoisotopic (exact) mass is 194 g/mol. The second kappa shape index (κ2) is 5.34. The summed E-state index contributed by atoms with van der Waals surface area (Å²) < 4.78 is 0. The lowest BCUT2D eigenvalue weighted by Gasteiger charge is -2.17. The average molecular weight is 194 g/mol. The fourth-order valence-electron chi connectivity index (χ4n) is 0.982. The van der Waals surface area contributed by atoms with Crippen LogP contribution in [0, 0.1) is 4.91 Å². The lowest BCUT2D eigenvalue weighted by molar-refractivity contribution is -0.191. The molecule has 1 aromatic carbocycles. The van der Waals surface area contributed by atoms with Crippen molar-refractivity contribution in [2.75, 3.05) is 0 Å². The quantitative estimate of drug-likeness (QED) is 0.534. The van der Waals surface area contributed by atoms with Crippen molar-refractivity contribution in [1.82, 2.24) is 5.17 Å². The maximum atomic E-state index is 10.3. The van der Waals surface area contributed by atoms with E-state index in [-0.39, 0.29) is 6.04 Å². The van der Waals surface area contributed by atoms with Crippen molar-refractivity contribution in [2.24, 2.45) is 5.29 Å². The van der Waals surface area contributed by atoms with E-state index in [1.807, 2.05) is 44.2 Å². The molecule has 0 unspecified atom stereocenters. The number of hydrogen-bond donors (Lipinski definition) is 0. The van der Waals surface area contributed by atoms with Crippen LogP contribution in [0.15, 0.2) is 35.6 Å². The summed E-state index contributed by atoms with van der Waals surface area (Å²) in [6.07, 6.45) is 0. The number of hydrogen-bond acceptors (Lipinski definition) is 3. The van der Waals surface area contributed by atoms with Gasteiger partial charge in [0.1, 0.15) is 6.61 Å². The lowest BCUT2D eigenvalue weighted by atomic mass is 10.2. The van der Waals surface area contributed by atoms with Crippen LogP contribution in [0.3, 0.4) is 0 Å². The third-order valence-electron chi connectivity index (χ3n) is 1.73. The first kappa shape index (κ1) is 10.7. The van der Waals surface area contributed by atoms with Gasteiger partial charge in [-0.1, -0.05) is 30.3 Å². The van der Waals surface area contributed by atoms with Gasteiger partial charge in [-0.3, -0.25) is 0 Å². The minimum absolute atomic E-state index is 0.0452. The Morgan fingerprint density at radius 1 is 1.36 bits per heavy atom. The summed E-state index contributed by atoms with van der Waals surface area (Å²) in [7, 11) is 0. The Kier molecular flexibility index (Phi) is 4.07. The third-order valence-corrected chi connectivity index (χ3v) is 1.73. The van der Waals surface area contributed by atoms with Crippen LogP contribution in [0.4, 0.5) is 0 Å². The predicted octanol–water partition coefficient (Wildman–Crippen LogP) is 2.51. The van der Waals surface area contributed by atoms with Crippen LogP contribution in [0.25, 0.3) is 0 Å². The highest BCUT2D eigenvalue weighted by molar-refractivity contribution is 5.13. The second-order valence-electron chi connectivity index (χ2n) is 3.24. The average Bonchev–Trinajstić information content (AvgIpc) is 2.20. The Bertz CT molecular complexity index is 275. The molecule has 1 rings (SSSR count). The molecule has 0 bridgehead atoms. The van der Waals surface area contributed by atoms with Gasteiger partial charge in [0.2, 0.25) is 0 Å². The molecule has 0 fully saturated rings. The van der Waals surface area contributed by atoms with Crippen molar-refractivity contribution in [3.05, 3.63) is 40.8 Å². The maximum absolute atomic E-state index is 10.3. The SMILES string of the molecule is CC(C)N(N=O)OCc1ccccc1. The summed E-state index contributed by atoms with van der Waals surface area (Å²) in [4.78, 5) is 15.5. The molecule has 0 N–H and O–H groups in total. The molecule has 1 aromatic rings. The van der Waals surface area contributed by atoms with Crippen LogP contribution >= 0.6 is 0 Å². The first-order valence-corrected chi connectivity index (χ1v) is 4.53. The van der Waals surface area contributed by atoms with Crippen LogP contribution < -0.4 is 0 Å². The Hall–Kier alpha value is -1.42. The number of nitroso groups, excluding NO2 is 1. The van der Waals surface area contributed by atoms with Gasteiger partial charge in [-0.15, -0.1) is 10.1 Å². The molecule has 0 atom stereocenters. The van der Waals surface area contributed by atoms with E-state index in [0.29, 0.717) is 6.61 Å². The van der Waals surface area contributed by atoms with Gasteiger partial charge in [-0.25, -0.2) is 4.84 Å². The molecule has 0 heterocycles. The zero-order valence-corrected chi connectivity index (χ0v) is 8.38. The molecule has 76 valence electrons. The highest BCUT2D eigenvalue weighted by atomic mass is 16.7. The predicted molar refractivity (Wildman–Crippen MR) is 54.0 cm³/mol. The molecule has 0 spiro atoms. The Balaban J connectivity index is 2.43. The molecule has 4 heteroatoms. The zero-order valence-electron chi connectivity index (χ0n) is 8.38. The summed E-state index contributed by atoms with van der Waals surface area (Å²) in [5.74, 6) is 0. The van der Waals surface area contributed by atoms with Crippen molar-refractivity contribution < 1.29 is 4.84 Å². The van der Waals surface area contributed by atoms with Crippen LogP contribution in [0.1, 0.15) is 19.4 Å². The van der Waals surface area contributed by atoms with E-state index in [2.05, 4.69) is 5.29 Å². The maximum Gasteiger partial charge on any atom is 0.102 e. The summed E-state index contributed by atoms with van der Waals surface area (Å²) in [5, 5.41) is 3.83. The second-order valence-corrected chi connectivity index (χ2v) is 3.24. The van der Waals surface area contributed by atoms with Gasteiger partial charge >= 0.3 is 0 Å². The van der Waals surface area contributed by atoms with Crippen LogP contribution in [0.5, 0.6) is 0 Å². The van der Waals surface area contributed by atoms with E-state index in [1.54, 1.807) is 0 Å². The fourth-order valence-corrected chi connectivity index (χ4v) is 0.982. The van der Waals surface area contributed by atoms with Gasteiger partial charge in [-0.2, -0.15) is 0 Å². The molecule has 0 saturated carbocycles. The van der Waals surface area contributed by atoms with Gasteiger partial charge in [0, 0.05) is 0 Å². The van der Waals surface area contributed by atoms with Crippen molar-refractivity contribution in [2.45, 2.75) is 26.5 Å². The van der Waals surface area contributed by atoms with Crippen LogP contribution in [-0.2, 0) is 11.4 Å². The van der Waals surface area contributed by atoms with Crippen molar-refractivity contribution >= 4 is 0 Å². The lowest BCUT2D eigenvalue weighted by Crippen LogP contribution is -2.24. The van der Waals surface area contributed by atoms with E-state index < -0.39 is 0 Å². The molecular weight excluding hydrogens is 180 g/mol. The Morgan fingerprint density at radius 2 is 2.00 bits per heavy atom. The number of benzene rings is 1. The van der Waals surface area contributed by atoms with Gasteiger partial charge in [0.05, 0.1) is 11.3 Å². The van der Waals surface area contributed by atoms with E-state index in [9.17, 15) is 4.91 Å². The summed E-state index contributed by atoms with van der Waals surface area (Å²) in [5.41, 5.74) is 1.02. The first-order chi connectivity index (χ1) is 6.74. The molecule has 0 radical (unpaired) electrons. The molecule has 0 saturated heterocycles. The Morgan fingerprint density at radius 3 is 2.50 bits per heavy atom. The highest BCUT2D eigenvalue weighted by Crippen LogP contribution is 2.05. The summed E-state index contributed by atoms with van der Waals surface area (Å²) in [6.45, 7) is 4.05. The van der Waals surface area contributed by atoms with Gasteiger partial charge in [0.25, 0.3) is 0 Å². The molecular formula is C10H14N2O2. The van der Waals surface area contributed by atoms with E-state index >= 15 is 0 Å². The van der Waals surface area contributed by atoms with Crippen molar-refractivity contribution in [3.63, 3.8) is 0 Å². The van der Waals surface area contributed by atoms with Crippen LogP contribution in [0.2, 0.25) is 0 Å². The number of hydroxylamine groups is 1. The number of nitrogens with zero attached hydrogens (tertiary/aromatic N) is 2. The molecule has 0 aliphatic carbocycles. The van der Waals surface area contributed by atoms with Crippen molar-refractivity contribution in [1.29, 1.82) is 0 Å². The van der Waals surface area contributed by atoms with E-state index in [0.717, 1.165) is 10.7 Å². The minimum atomic E-state index is -0.0452. The highest BCUT2D eigenvalue weighted by Gasteiger charge is 2.07. The number of rotatable bonds is 5. The zero-order chi connectivity index (χ0) is 10.4. The first-order valence-electron chi connectivity index (χ1n) is 4.53. The Labute approximate surface area is 83.4 Å². The molecule has 0 aliphatic heterocycles. The molecule has 0 amide bonds. The third kappa shape index (κ3) is 3.14. The van der Waals surface area contributed by atoms with E-state index in [1.165, 1.54) is 0 Å². The molecule has 14 heavy (non-hydrogen) atoms. The summed E-state index contributed by atoms with van der Waals surface area (Å²) in [6, 6.07) is 9.60. The molecule has 0 aliphatic rings. The van der Waals surface area contributed by atoms with Gasteiger partial charge in [0.15, 0.2) is 0 Å². The fraction of sp³-hybridized carbons (Fsp3) is 0.400. The smallest absolute Gasteiger partial charge is 0.102 e. The largest absolute Gasteiger partial charge is 0.249 e.